The summed E-state index contributed by atoms with van der Waals surface area (Å²) in [4.78, 5) is 10.3. The number of rotatable bonds is 6. The summed E-state index contributed by atoms with van der Waals surface area (Å²) >= 11 is 0. The maximum atomic E-state index is 10.3. The van der Waals surface area contributed by atoms with Gasteiger partial charge in [-0.25, -0.2) is 0 Å². The summed E-state index contributed by atoms with van der Waals surface area (Å²) in [5, 5.41) is 8.45. The van der Waals surface area contributed by atoms with Gasteiger partial charge in [-0.1, -0.05) is 0 Å². The highest BCUT2D eigenvalue weighted by atomic mass is 35.5. The molecule has 0 amide bonds. The van der Waals surface area contributed by atoms with Crippen molar-refractivity contribution < 1.29 is 26.8 Å². The highest BCUT2D eigenvalue weighted by Crippen LogP contribution is 2.04. The van der Waals surface area contributed by atoms with Crippen molar-refractivity contribution in [3.05, 3.63) is 0 Å². The second-order valence-electron chi connectivity index (χ2n) is 3.47. The van der Waals surface area contributed by atoms with Crippen molar-refractivity contribution in [1.82, 2.24) is 0 Å². The van der Waals surface area contributed by atoms with Crippen LogP contribution in [0.3, 0.4) is 0 Å². The molecule has 0 saturated carbocycles. The van der Waals surface area contributed by atoms with Gasteiger partial charge in [0, 0.05) is 6.42 Å². The fourth-order valence-electron chi connectivity index (χ4n) is 1.15. The molecule has 0 radical (unpaired) electrons. The lowest BCUT2D eigenvalue weighted by molar-refractivity contribution is -0.906. The Morgan fingerprint density at radius 3 is 2.08 bits per heavy atom. The molecule has 1 N–H and O–H groups in total. The molecule has 0 heterocycles. The van der Waals surface area contributed by atoms with Crippen LogP contribution in [0.15, 0.2) is 0 Å². The zero-order chi connectivity index (χ0) is 9.61. The Morgan fingerprint density at radius 2 is 1.77 bits per heavy atom. The van der Waals surface area contributed by atoms with Crippen molar-refractivity contribution in [3.63, 3.8) is 0 Å². The Balaban J connectivity index is 0. The highest BCUT2D eigenvalue weighted by Gasteiger charge is 2.15. The number of hydrogen-bond donors (Lipinski definition) is 1. The number of quaternary nitrogens is 1. The summed E-state index contributed by atoms with van der Waals surface area (Å²) in [5.74, 6) is -0.686. The van der Waals surface area contributed by atoms with E-state index in [1.807, 2.05) is 0 Å². The van der Waals surface area contributed by atoms with E-state index in [1.165, 1.54) is 0 Å². The van der Waals surface area contributed by atoms with Gasteiger partial charge < -0.3 is 22.0 Å². The topological polar surface area (TPSA) is 37.3 Å². The van der Waals surface area contributed by atoms with Gasteiger partial charge in [0.1, 0.15) is 0 Å². The average Bonchev–Trinajstić information content (AvgIpc) is 2.03. The molecular formula is C9H20ClNO2. The summed E-state index contributed by atoms with van der Waals surface area (Å²) in [6.45, 7) is 7.42. The molecule has 3 nitrogen and oxygen atoms in total. The summed E-state index contributed by atoms with van der Waals surface area (Å²) in [6, 6.07) is 0. The van der Waals surface area contributed by atoms with Crippen molar-refractivity contribution in [1.29, 1.82) is 0 Å². The first-order chi connectivity index (χ1) is 5.54. The van der Waals surface area contributed by atoms with Crippen LogP contribution in [0.4, 0.5) is 0 Å². The lowest BCUT2D eigenvalue weighted by Gasteiger charge is -2.31. The highest BCUT2D eigenvalue weighted by molar-refractivity contribution is 5.66. The van der Waals surface area contributed by atoms with Crippen LogP contribution < -0.4 is 12.4 Å². The molecule has 13 heavy (non-hydrogen) atoms. The van der Waals surface area contributed by atoms with Gasteiger partial charge in [0.05, 0.1) is 33.1 Å². The molecule has 0 spiro atoms. The van der Waals surface area contributed by atoms with E-state index in [2.05, 4.69) is 20.9 Å². The monoisotopic (exact) mass is 209 g/mol. The number of carbonyl (C=O) groups is 1. The molecule has 0 rings (SSSR count). The third-order valence-electron chi connectivity index (χ3n) is 2.62. The maximum absolute atomic E-state index is 10.3. The van der Waals surface area contributed by atoms with Crippen LogP contribution in [0.5, 0.6) is 0 Å². The number of nitrogens with zero attached hydrogens (tertiary/aromatic N) is 1. The molecule has 0 aliphatic carbocycles. The Hall–Kier alpha value is -0.280. The molecule has 4 heteroatoms. The summed E-state index contributed by atoms with van der Waals surface area (Å²) in [7, 11) is 2.17. The Bertz CT molecular complexity index is 147. The van der Waals surface area contributed by atoms with Crippen molar-refractivity contribution in [3.8, 4) is 0 Å². The molecular weight excluding hydrogens is 190 g/mol. The standard InChI is InChI=1S/C9H19NO2.ClH/c1-4-10(3,5-2)8-6-7-9(11)12;/h4-8H2,1-3H3;1H. The minimum atomic E-state index is -0.686. The number of carboxylic acids is 1. The van der Waals surface area contributed by atoms with Gasteiger partial charge in [-0.05, 0) is 13.8 Å². The zero-order valence-corrected chi connectivity index (χ0v) is 9.47. The molecule has 0 aromatic carbocycles. The Labute approximate surface area is 86.7 Å². The van der Waals surface area contributed by atoms with E-state index < -0.39 is 5.97 Å². The lowest BCUT2D eigenvalue weighted by Crippen LogP contribution is -3.00. The Kier molecular flexibility index (Phi) is 8.37. The first-order valence-corrected chi connectivity index (χ1v) is 4.59. The third-order valence-corrected chi connectivity index (χ3v) is 2.62. The van der Waals surface area contributed by atoms with E-state index in [1.54, 1.807) is 0 Å². The van der Waals surface area contributed by atoms with Crippen LogP contribution in [-0.2, 0) is 4.79 Å². The van der Waals surface area contributed by atoms with Gasteiger partial charge in [0.2, 0.25) is 0 Å². The van der Waals surface area contributed by atoms with Crippen molar-refractivity contribution in [2.45, 2.75) is 26.7 Å². The van der Waals surface area contributed by atoms with E-state index in [-0.39, 0.29) is 12.4 Å². The first-order valence-electron chi connectivity index (χ1n) is 4.59. The molecule has 0 aromatic heterocycles. The number of carboxylic acid groups (broad SMARTS) is 1. The molecule has 0 aliphatic rings. The van der Waals surface area contributed by atoms with Crippen LogP contribution in [0.2, 0.25) is 0 Å². The predicted molar refractivity (Wildman–Crippen MR) is 49.0 cm³/mol. The molecule has 0 aliphatic heterocycles. The SMILES string of the molecule is CC[N+](C)(CC)CCCC(=O)O.[Cl-]. The van der Waals surface area contributed by atoms with E-state index in [0.717, 1.165) is 30.5 Å². The van der Waals surface area contributed by atoms with E-state index in [9.17, 15) is 4.79 Å². The van der Waals surface area contributed by atoms with Crippen LogP contribution in [0.1, 0.15) is 26.7 Å². The van der Waals surface area contributed by atoms with Gasteiger partial charge in [-0.15, -0.1) is 0 Å². The third kappa shape index (κ3) is 6.84. The number of halogens is 1. The van der Waals surface area contributed by atoms with Crippen LogP contribution >= 0.6 is 0 Å². The maximum Gasteiger partial charge on any atom is 0.303 e. The summed E-state index contributed by atoms with van der Waals surface area (Å²) < 4.78 is 0.979. The van der Waals surface area contributed by atoms with Crippen molar-refractivity contribution in [2.24, 2.45) is 0 Å². The molecule has 0 atom stereocenters. The van der Waals surface area contributed by atoms with Gasteiger partial charge in [-0.3, -0.25) is 4.79 Å². The van der Waals surface area contributed by atoms with Crippen molar-refractivity contribution >= 4 is 5.97 Å². The van der Waals surface area contributed by atoms with Crippen LogP contribution in [0, 0.1) is 0 Å². The predicted octanol–water partition coefficient (Wildman–Crippen LogP) is -1.66. The van der Waals surface area contributed by atoms with Gasteiger partial charge in [0.25, 0.3) is 0 Å². The minimum absolute atomic E-state index is 0. The van der Waals surface area contributed by atoms with Crippen LogP contribution in [0.25, 0.3) is 0 Å². The fourth-order valence-corrected chi connectivity index (χ4v) is 1.15. The lowest BCUT2D eigenvalue weighted by atomic mass is 10.2. The minimum Gasteiger partial charge on any atom is -1.00 e. The average molecular weight is 210 g/mol. The first kappa shape index (κ1) is 15.2. The Morgan fingerprint density at radius 1 is 1.31 bits per heavy atom. The van der Waals surface area contributed by atoms with Gasteiger partial charge in [0.15, 0.2) is 0 Å². The van der Waals surface area contributed by atoms with E-state index in [4.69, 9.17) is 5.11 Å². The smallest absolute Gasteiger partial charge is 0.303 e. The van der Waals surface area contributed by atoms with E-state index >= 15 is 0 Å². The number of aliphatic carboxylic acids is 1. The molecule has 0 bridgehead atoms. The normalized spacial score (nSPS) is 10.7. The molecule has 0 aromatic rings. The fraction of sp³-hybridized carbons (Fsp3) is 0.889. The summed E-state index contributed by atoms with van der Waals surface area (Å²) in [5.41, 5.74) is 0. The molecule has 0 fully saturated rings. The quantitative estimate of drug-likeness (QED) is 0.532. The zero-order valence-electron chi connectivity index (χ0n) is 8.72. The number of hydrogen-bond acceptors (Lipinski definition) is 1. The second kappa shape index (κ2) is 7.15. The van der Waals surface area contributed by atoms with E-state index in [0.29, 0.717) is 6.42 Å². The van der Waals surface area contributed by atoms with Crippen molar-refractivity contribution in [2.75, 3.05) is 26.7 Å². The van der Waals surface area contributed by atoms with Gasteiger partial charge in [-0.2, -0.15) is 0 Å². The van der Waals surface area contributed by atoms with Crippen LogP contribution in [-0.4, -0.2) is 42.2 Å². The largest absolute Gasteiger partial charge is 1.00 e. The summed E-state index contributed by atoms with van der Waals surface area (Å²) in [6.07, 6.45) is 1.08. The second-order valence-corrected chi connectivity index (χ2v) is 3.47. The molecule has 0 unspecified atom stereocenters. The molecule has 80 valence electrons. The van der Waals surface area contributed by atoms with Gasteiger partial charge >= 0.3 is 5.97 Å². The molecule has 0 saturated heterocycles.